The van der Waals surface area contributed by atoms with Crippen LogP contribution in [0.4, 0.5) is 4.79 Å². The van der Waals surface area contributed by atoms with Gasteiger partial charge < -0.3 is 25.2 Å². The van der Waals surface area contributed by atoms with Crippen LogP contribution >= 0.6 is 0 Å². The number of carbonyl (C=O) groups excluding carboxylic acids is 2. The normalized spacial score (nSPS) is 18.7. The van der Waals surface area contributed by atoms with Crippen molar-refractivity contribution >= 4 is 18.0 Å². The number of nitrogens with one attached hydrogen (secondary N) is 2. The number of hydrogen-bond acceptors (Lipinski definition) is 5. The van der Waals surface area contributed by atoms with E-state index in [9.17, 15) is 14.4 Å². The van der Waals surface area contributed by atoms with Gasteiger partial charge in [-0.05, 0) is 41.5 Å². The maximum atomic E-state index is 12.4. The highest BCUT2D eigenvalue weighted by Crippen LogP contribution is 2.44. The molecule has 34 heavy (non-hydrogen) atoms. The van der Waals surface area contributed by atoms with E-state index >= 15 is 0 Å². The Labute approximate surface area is 198 Å². The number of aliphatic carboxylic acids is 1. The average Bonchev–Trinajstić information content (AvgIpc) is 3.44. The van der Waals surface area contributed by atoms with Crippen molar-refractivity contribution in [2.45, 2.75) is 37.7 Å². The lowest BCUT2D eigenvalue weighted by molar-refractivity contribution is -0.137. The highest BCUT2D eigenvalue weighted by molar-refractivity contribution is 5.81. The van der Waals surface area contributed by atoms with Crippen LogP contribution in [0.25, 0.3) is 11.1 Å². The van der Waals surface area contributed by atoms with Crippen LogP contribution in [0.3, 0.4) is 0 Å². The van der Waals surface area contributed by atoms with Crippen LogP contribution in [0.2, 0.25) is 0 Å². The number of benzene rings is 2. The number of amides is 2. The summed E-state index contributed by atoms with van der Waals surface area (Å²) in [5, 5.41) is 14.2. The molecule has 1 saturated heterocycles. The Bertz CT molecular complexity index is 994. The van der Waals surface area contributed by atoms with Crippen molar-refractivity contribution in [3.8, 4) is 11.1 Å². The Kier molecular flexibility index (Phi) is 7.80. The molecule has 0 radical (unpaired) electrons. The lowest BCUT2D eigenvalue weighted by Crippen LogP contribution is -2.42. The third-order valence-corrected chi connectivity index (χ3v) is 6.44. The molecule has 180 valence electrons. The van der Waals surface area contributed by atoms with Crippen molar-refractivity contribution in [3.63, 3.8) is 0 Å². The second-order valence-corrected chi connectivity index (χ2v) is 8.69. The van der Waals surface area contributed by atoms with Crippen LogP contribution in [0.15, 0.2) is 48.5 Å². The van der Waals surface area contributed by atoms with Gasteiger partial charge in [-0.3, -0.25) is 9.59 Å². The molecule has 4 rings (SSSR count). The van der Waals surface area contributed by atoms with E-state index in [1.807, 2.05) is 24.3 Å². The van der Waals surface area contributed by atoms with Crippen LogP contribution in [0.1, 0.15) is 42.7 Å². The van der Waals surface area contributed by atoms with Gasteiger partial charge in [0.25, 0.3) is 0 Å². The lowest BCUT2D eigenvalue weighted by atomic mass is 9.98. The maximum Gasteiger partial charge on any atom is 0.407 e. The van der Waals surface area contributed by atoms with Crippen molar-refractivity contribution in [3.05, 3.63) is 59.7 Å². The molecular weight excluding hydrogens is 436 g/mol. The molecule has 2 aliphatic rings. The summed E-state index contributed by atoms with van der Waals surface area (Å²) in [5.74, 6) is -1.22. The van der Waals surface area contributed by atoms with Gasteiger partial charge in [0.1, 0.15) is 12.7 Å². The average molecular weight is 467 g/mol. The maximum absolute atomic E-state index is 12.4. The Hall–Kier alpha value is -3.39. The van der Waals surface area contributed by atoms with Crippen LogP contribution in [0.5, 0.6) is 0 Å². The van der Waals surface area contributed by atoms with Gasteiger partial charge in [-0.1, -0.05) is 48.5 Å². The standard InChI is InChI=1S/C26H30N2O6/c29-23(30)11-5-6-13-27-25(31)24-17(12-14-33-24)15-28-26(32)34-16-22-20-9-3-1-7-18(20)19-8-2-4-10-21(19)22/h1-4,7-10,17,22,24H,5-6,11-16H2,(H,27,31)(H,28,32)(H,29,30)/t17-,24-/m1/s1. The van der Waals surface area contributed by atoms with Crippen molar-refractivity contribution in [2.75, 3.05) is 26.3 Å². The van der Waals surface area contributed by atoms with E-state index in [0.717, 1.165) is 11.1 Å². The zero-order chi connectivity index (χ0) is 23.9. The summed E-state index contributed by atoms with van der Waals surface area (Å²) in [6, 6.07) is 16.3. The highest BCUT2D eigenvalue weighted by atomic mass is 16.5. The molecule has 0 unspecified atom stereocenters. The third kappa shape index (κ3) is 5.56. The van der Waals surface area contributed by atoms with E-state index in [1.165, 1.54) is 11.1 Å². The quantitative estimate of drug-likeness (QED) is 0.463. The lowest BCUT2D eigenvalue weighted by Gasteiger charge is -2.19. The zero-order valence-electron chi connectivity index (χ0n) is 19.0. The van der Waals surface area contributed by atoms with Gasteiger partial charge in [0.15, 0.2) is 0 Å². The minimum atomic E-state index is -0.843. The summed E-state index contributed by atoms with van der Waals surface area (Å²) in [4.78, 5) is 35.4. The summed E-state index contributed by atoms with van der Waals surface area (Å²) >= 11 is 0. The zero-order valence-corrected chi connectivity index (χ0v) is 19.0. The van der Waals surface area contributed by atoms with Gasteiger partial charge in [0.05, 0.1) is 0 Å². The second kappa shape index (κ2) is 11.2. The van der Waals surface area contributed by atoms with E-state index in [0.29, 0.717) is 32.4 Å². The minimum Gasteiger partial charge on any atom is -0.481 e. The molecular formula is C26H30N2O6. The van der Waals surface area contributed by atoms with Crippen molar-refractivity contribution in [1.29, 1.82) is 0 Å². The number of carboxylic acid groups (broad SMARTS) is 1. The predicted molar refractivity (Wildman–Crippen MR) is 125 cm³/mol. The number of carboxylic acids is 1. The van der Waals surface area contributed by atoms with Gasteiger partial charge in [0, 0.05) is 38.0 Å². The van der Waals surface area contributed by atoms with Crippen molar-refractivity contribution < 1.29 is 29.0 Å². The van der Waals surface area contributed by atoms with Gasteiger partial charge in [-0.15, -0.1) is 0 Å². The molecule has 2 aromatic carbocycles. The summed E-state index contributed by atoms with van der Waals surface area (Å²) < 4.78 is 11.1. The van der Waals surface area contributed by atoms with Crippen molar-refractivity contribution in [2.24, 2.45) is 5.92 Å². The number of carbonyl (C=O) groups is 3. The van der Waals surface area contributed by atoms with Crippen LogP contribution in [-0.4, -0.2) is 55.5 Å². The third-order valence-electron chi connectivity index (χ3n) is 6.44. The Morgan fingerprint density at radius 2 is 1.65 bits per heavy atom. The first kappa shape index (κ1) is 23.8. The molecule has 0 bridgehead atoms. The van der Waals surface area contributed by atoms with E-state index in [4.69, 9.17) is 14.6 Å². The molecule has 1 aliphatic carbocycles. The smallest absolute Gasteiger partial charge is 0.407 e. The fourth-order valence-corrected chi connectivity index (χ4v) is 4.71. The predicted octanol–water partition coefficient (Wildman–Crippen LogP) is 3.30. The minimum absolute atomic E-state index is 0.00684. The molecule has 2 atom stereocenters. The van der Waals surface area contributed by atoms with E-state index in [-0.39, 0.29) is 37.3 Å². The molecule has 1 fully saturated rings. The van der Waals surface area contributed by atoms with Gasteiger partial charge in [-0.2, -0.15) is 0 Å². The van der Waals surface area contributed by atoms with Crippen LogP contribution < -0.4 is 10.6 Å². The number of ether oxygens (including phenoxy) is 2. The SMILES string of the molecule is O=C(O)CCCCNC(=O)[C@@H]1OCC[C@@H]1CNC(=O)OCC1c2ccccc2-c2ccccc21. The van der Waals surface area contributed by atoms with Crippen LogP contribution in [0, 0.1) is 5.92 Å². The first-order valence-corrected chi connectivity index (χ1v) is 11.7. The topological polar surface area (TPSA) is 114 Å². The van der Waals surface area contributed by atoms with E-state index in [1.54, 1.807) is 0 Å². The largest absolute Gasteiger partial charge is 0.481 e. The molecule has 2 amide bonds. The summed E-state index contributed by atoms with van der Waals surface area (Å²) in [6.45, 7) is 1.38. The molecule has 1 aliphatic heterocycles. The number of fused-ring (bicyclic) bond motifs is 3. The number of hydrogen-bond donors (Lipinski definition) is 3. The highest BCUT2D eigenvalue weighted by Gasteiger charge is 2.34. The van der Waals surface area contributed by atoms with Gasteiger partial charge in [0.2, 0.25) is 5.91 Å². The summed E-state index contributed by atoms with van der Waals surface area (Å²) in [6.07, 6.45) is 0.708. The number of rotatable bonds is 10. The molecule has 1 heterocycles. The Morgan fingerprint density at radius 3 is 2.32 bits per heavy atom. The second-order valence-electron chi connectivity index (χ2n) is 8.69. The number of alkyl carbamates (subject to hydrolysis) is 1. The molecule has 0 aromatic heterocycles. The van der Waals surface area contributed by atoms with Gasteiger partial charge in [-0.25, -0.2) is 4.79 Å². The molecule has 8 nitrogen and oxygen atoms in total. The van der Waals surface area contributed by atoms with Crippen LogP contribution in [-0.2, 0) is 19.1 Å². The van der Waals surface area contributed by atoms with E-state index in [2.05, 4.69) is 34.9 Å². The Balaban J connectivity index is 1.23. The van der Waals surface area contributed by atoms with E-state index < -0.39 is 18.2 Å². The summed E-state index contributed by atoms with van der Waals surface area (Å²) in [7, 11) is 0. The fourth-order valence-electron chi connectivity index (χ4n) is 4.71. The number of unbranched alkanes of at least 4 members (excludes halogenated alkanes) is 1. The van der Waals surface area contributed by atoms with Crippen molar-refractivity contribution in [1.82, 2.24) is 10.6 Å². The van der Waals surface area contributed by atoms with Gasteiger partial charge >= 0.3 is 12.1 Å². The molecule has 0 spiro atoms. The summed E-state index contributed by atoms with van der Waals surface area (Å²) in [5.41, 5.74) is 4.65. The molecule has 3 N–H and O–H groups in total. The molecule has 0 saturated carbocycles. The molecule has 2 aromatic rings. The first-order chi connectivity index (χ1) is 16.5. The Morgan fingerprint density at radius 1 is 0.971 bits per heavy atom. The molecule has 8 heteroatoms. The fraction of sp³-hybridized carbons (Fsp3) is 0.423. The first-order valence-electron chi connectivity index (χ1n) is 11.7. The monoisotopic (exact) mass is 466 g/mol.